The molecule has 0 fully saturated rings. The molecule has 0 aliphatic carbocycles. The number of aromatic nitrogens is 5. The average molecular weight is 355 g/mol. The normalized spacial score (nSPS) is 10.4. The van der Waals surface area contributed by atoms with Crippen LogP contribution in [0.1, 0.15) is 16.2 Å². The largest absolute Gasteiger partial charge is 0.494 e. The highest BCUT2D eigenvalue weighted by atomic mass is 16.5. The third kappa shape index (κ3) is 3.53. The van der Waals surface area contributed by atoms with Crippen LogP contribution in [0.2, 0.25) is 0 Å². The van der Waals surface area contributed by atoms with Gasteiger partial charge in [-0.05, 0) is 25.1 Å². The second-order valence-electron chi connectivity index (χ2n) is 5.33. The van der Waals surface area contributed by atoms with Crippen molar-refractivity contribution in [2.75, 3.05) is 24.8 Å². The predicted octanol–water partition coefficient (Wildman–Crippen LogP) is 1.86. The number of ether oxygens (including phenoxy) is 1. The van der Waals surface area contributed by atoms with E-state index in [2.05, 4.69) is 30.9 Å². The second kappa shape index (κ2) is 7.05. The minimum absolute atomic E-state index is 0.161. The summed E-state index contributed by atoms with van der Waals surface area (Å²) >= 11 is 0. The molecule has 0 atom stereocenters. The van der Waals surface area contributed by atoms with Gasteiger partial charge in [-0.3, -0.25) is 0 Å². The van der Waals surface area contributed by atoms with Crippen LogP contribution < -0.4 is 15.4 Å². The Morgan fingerprint density at radius 2 is 2.08 bits per heavy atom. The minimum Gasteiger partial charge on any atom is -0.494 e. The zero-order valence-electron chi connectivity index (χ0n) is 14.4. The van der Waals surface area contributed by atoms with Gasteiger partial charge in [0.05, 0.1) is 13.3 Å². The summed E-state index contributed by atoms with van der Waals surface area (Å²) in [7, 11) is 3.30. The fraction of sp³-hybridized carbons (Fsp3) is 0.188. The number of nitrogens with one attached hydrogen (secondary N) is 2. The smallest absolute Gasteiger partial charge is 0.358 e. The maximum Gasteiger partial charge on any atom is 0.358 e. The lowest BCUT2D eigenvalue weighted by molar-refractivity contribution is 0.0690. The highest BCUT2D eigenvalue weighted by Gasteiger charge is 2.13. The van der Waals surface area contributed by atoms with E-state index in [1.807, 2.05) is 13.0 Å². The van der Waals surface area contributed by atoms with Gasteiger partial charge in [0.25, 0.3) is 0 Å². The number of carboxylic acids is 1. The Kier molecular flexibility index (Phi) is 4.65. The highest BCUT2D eigenvalue weighted by molar-refractivity contribution is 5.84. The number of aryl methyl sites for hydroxylation is 1. The molecular weight excluding hydrogens is 338 g/mol. The van der Waals surface area contributed by atoms with Gasteiger partial charge in [0.2, 0.25) is 5.95 Å². The number of methoxy groups -OCH3 is 1. The van der Waals surface area contributed by atoms with Crippen LogP contribution in [0.15, 0.2) is 30.5 Å². The SMILES string of the molecule is CNc1cc(C)nc(Nc2ccc(OC)c(-n3cc(C(=O)O)nn3)c2)n1. The first-order valence-electron chi connectivity index (χ1n) is 7.64. The summed E-state index contributed by atoms with van der Waals surface area (Å²) in [5, 5.41) is 22.6. The van der Waals surface area contributed by atoms with Crippen molar-refractivity contribution in [1.29, 1.82) is 0 Å². The van der Waals surface area contributed by atoms with Gasteiger partial charge < -0.3 is 20.5 Å². The Morgan fingerprint density at radius 1 is 1.27 bits per heavy atom. The van der Waals surface area contributed by atoms with Gasteiger partial charge in [0.1, 0.15) is 17.3 Å². The molecule has 0 saturated carbocycles. The van der Waals surface area contributed by atoms with Crippen LogP contribution in [0, 0.1) is 6.92 Å². The van der Waals surface area contributed by atoms with E-state index in [0.717, 1.165) is 5.69 Å². The Balaban J connectivity index is 1.97. The molecular formula is C16H17N7O3. The Labute approximate surface area is 148 Å². The van der Waals surface area contributed by atoms with Gasteiger partial charge in [-0.2, -0.15) is 4.98 Å². The number of aromatic carboxylic acids is 1. The molecule has 1 aromatic carbocycles. The number of carboxylic acid groups (broad SMARTS) is 1. The van der Waals surface area contributed by atoms with Crippen LogP contribution in [0.25, 0.3) is 5.69 Å². The lowest BCUT2D eigenvalue weighted by atomic mass is 10.2. The lowest BCUT2D eigenvalue weighted by Crippen LogP contribution is -2.04. The maximum absolute atomic E-state index is 11.0. The molecule has 0 aliphatic rings. The number of nitrogens with zero attached hydrogens (tertiary/aromatic N) is 5. The molecule has 0 saturated heterocycles. The van der Waals surface area contributed by atoms with Crippen molar-refractivity contribution in [3.8, 4) is 11.4 Å². The van der Waals surface area contributed by atoms with E-state index in [-0.39, 0.29) is 5.69 Å². The maximum atomic E-state index is 11.0. The van der Waals surface area contributed by atoms with E-state index in [1.165, 1.54) is 18.0 Å². The molecule has 0 bridgehead atoms. The van der Waals surface area contributed by atoms with Gasteiger partial charge in [-0.25, -0.2) is 14.5 Å². The zero-order chi connectivity index (χ0) is 18.7. The fourth-order valence-corrected chi connectivity index (χ4v) is 2.31. The first kappa shape index (κ1) is 17.1. The van der Waals surface area contributed by atoms with Crippen molar-refractivity contribution in [2.45, 2.75) is 6.92 Å². The van der Waals surface area contributed by atoms with Crippen LogP contribution in [0.3, 0.4) is 0 Å². The van der Waals surface area contributed by atoms with Crippen molar-refractivity contribution in [1.82, 2.24) is 25.0 Å². The zero-order valence-corrected chi connectivity index (χ0v) is 14.4. The monoisotopic (exact) mass is 355 g/mol. The first-order chi connectivity index (χ1) is 12.5. The first-order valence-corrected chi connectivity index (χ1v) is 7.64. The third-order valence-electron chi connectivity index (χ3n) is 3.50. The summed E-state index contributed by atoms with van der Waals surface area (Å²) in [6.07, 6.45) is 1.31. The van der Waals surface area contributed by atoms with Crippen LogP contribution in [0.4, 0.5) is 17.5 Å². The van der Waals surface area contributed by atoms with E-state index in [4.69, 9.17) is 9.84 Å². The van der Waals surface area contributed by atoms with Crippen molar-refractivity contribution < 1.29 is 14.6 Å². The molecule has 10 heteroatoms. The highest BCUT2D eigenvalue weighted by Crippen LogP contribution is 2.27. The van der Waals surface area contributed by atoms with E-state index in [1.54, 1.807) is 25.2 Å². The van der Waals surface area contributed by atoms with Crippen LogP contribution in [0.5, 0.6) is 5.75 Å². The summed E-state index contributed by atoms with van der Waals surface area (Å²) < 4.78 is 6.66. The number of rotatable bonds is 6. The summed E-state index contributed by atoms with van der Waals surface area (Å²) in [5.74, 6) is 0.474. The molecule has 3 aromatic rings. The number of hydrogen-bond donors (Lipinski definition) is 3. The number of hydrogen-bond acceptors (Lipinski definition) is 8. The predicted molar refractivity (Wildman–Crippen MR) is 94.5 cm³/mol. The molecule has 3 N–H and O–H groups in total. The molecule has 26 heavy (non-hydrogen) atoms. The fourth-order valence-electron chi connectivity index (χ4n) is 2.31. The summed E-state index contributed by atoms with van der Waals surface area (Å²) in [6, 6.07) is 7.09. The van der Waals surface area contributed by atoms with Crippen molar-refractivity contribution in [2.24, 2.45) is 0 Å². The number of carbonyl (C=O) groups is 1. The third-order valence-corrected chi connectivity index (χ3v) is 3.50. The second-order valence-corrected chi connectivity index (χ2v) is 5.33. The van der Waals surface area contributed by atoms with Crippen LogP contribution in [-0.2, 0) is 0 Å². The topological polar surface area (TPSA) is 127 Å². The lowest BCUT2D eigenvalue weighted by Gasteiger charge is -2.12. The summed E-state index contributed by atoms with van der Waals surface area (Å²) in [4.78, 5) is 19.7. The van der Waals surface area contributed by atoms with Crippen molar-refractivity contribution >= 4 is 23.4 Å². The van der Waals surface area contributed by atoms with Crippen molar-refractivity contribution in [3.05, 3.63) is 41.9 Å². The van der Waals surface area contributed by atoms with E-state index in [9.17, 15) is 4.79 Å². The quantitative estimate of drug-likeness (QED) is 0.607. The van der Waals surface area contributed by atoms with Gasteiger partial charge >= 0.3 is 5.97 Å². The van der Waals surface area contributed by atoms with Crippen molar-refractivity contribution in [3.63, 3.8) is 0 Å². The molecule has 0 aliphatic heterocycles. The molecule has 0 radical (unpaired) electrons. The molecule has 134 valence electrons. The van der Waals surface area contributed by atoms with Crippen LogP contribution in [-0.4, -0.2) is 50.2 Å². The standard InChI is InChI=1S/C16H17N7O3/c1-9-6-14(17-2)20-16(18-9)19-10-4-5-13(26-3)12(7-10)23-8-11(15(24)25)21-22-23/h4-8H,1-3H3,(H,24,25)(H2,17,18,19,20). The summed E-state index contributed by atoms with van der Waals surface area (Å²) in [6.45, 7) is 1.87. The van der Waals surface area contributed by atoms with E-state index in [0.29, 0.717) is 28.9 Å². The molecule has 2 heterocycles. The van der Waals surface area contributed by atoms with E-state index >= 15 is 0 Å². The van der Waals surface area contributed by atoms with Gasteiger partial charge in [-0.1, -0.05) is 5.21 Å². The molecule has 2 aromatic heterocycles. The van der Waals surface area contributed by atoms with Gasteiger partial charge in [0.15, 0.2) is 5.69 Å². The number of benzene rings is 1. The summed E-state index contributed by atoms with van der Waals surface area (Å²) in [5.41, 5.74) is 1.86. The Bertz CT molecular complexity index is 955. The molecule has 3 rings (SSSR count). The van der Waals surface area contributed by atoms with Crippen LogP contribution >= 0.6 is 0 Å². The van der Waals surface area contributed by atoms with E-state index < -0.39 is 5.97 Å². The molecule has 0 amide bonds. The Hall–Kier alpha value is -3.69. The molecule has 0 unspecified atom stereocenters. The van der Waals surface area contributed by atoms with Gasteiger partial charge in [-0.15, -0.1) is 5.10 Å². The molecule has 0 spiro atoms. The molecule has 10 nitrogen and oxygen atoms in total. The Morgan fingerprint density at radius 3 is 2.73 bits per heavy atom. The number of anilines is 3. The minimum atomic E-state index is -1.16. The average Bonchev–Trinajstić information content (AvgIpc) is 3.11. The van der Waals surface area contributed by atoms with Gasteiger partial charge in [0, 0.05) is 24.5 Å².